The fourth-order valence-corrected chi connectivity index (χ4v) is 3.42. The average molecular weight is 234 g/mol. The minimum Gasteiger partial charge on any atom is -0.396 e. The number of fused-ring (bicyclic) bond motifs is 1. The van der Waals surface area contributed by atoms with Gasteiger partial charge in [-0.15, -0.1) is 11.3 Å². The van der Waals surface area contributed by atoms with Crippen LogP contribution in [0, 0.1) is 12.8 Å². The van der Waals surface area contributed by atoms with Crippen LogP contribution in [0.5, 0.6) is 0 Å². The van der Waals surface area contributed by atoms with Gasteiger partial charge in [-0.3, -0.25) is 0 Å². The van der Waals surface area contributed by atoms with E-state index in [0.29, 0.717) is 5.92 Å². The molecule has 0 aliphatic heterocycles. The van der Waals surface area contributed by atoms with E-state index >= 15 is 0 Å². The Kier molecular flexibility index (Phi) is 3.31. The molecule has 16 heavy (non-hydrogen) atoms. The van der Waals surface area contributed by atoms with Crippen molar-refractivity contribution in [2.45, 2.75) is 26.7 Å². The van der Waals surface area contributed by atoms with Gasteiger partial charge >= 0.3 is 0 Å². The molecule has 1 unspecified atom stereocenters. The van der Waals surface area contributed by atoms with Crippen LogP contribution >= 0.6 is 11.3 Å². The molecule has 1 aromatic carbocycles. The van der Waals surface area contributed by atoms with Crippen LogP contribution in [-0.2, 0) is 0 Å². The third-order valence-corrected chi connectivity index (χ3v) is 4.29. The third-order valence-electron chi connectivity index (χ3n) is 3.19. The van der Waals surface area contributed by atoms with Crippen molar-refractivity contribution in [3.8, 4) is 0 Å². The van der Waals surface area contributed by atoms with Gasteiger partial charge in [0.2, 0.25) is 0 Å². The summed E-state index contributed by atoms with van der Waals surface area (Å²) in [6.07, 6.45) is 0. The highest BCUT2D eigenvalue weighted by molar-refractivity contribution is 7.19. The van der Waals surface area contributed by atoms with Crippen molar-refractivity contribution in [3.05, 3.63) is 34.7 Å². The first-order valence-electron chi connectivity index (χ1n) is 5.74. The molecule has 2 heteroatoms. The Bertz CT molecular complexity index is 484. The van der Waals surface area contributed by atoms with Gasteiger partial charge in [-0.05, 0) is 29.9 Å². The number of hydrogen-bond acceptors (Lipinski definition) is 2. The van der Waals surface area contributed by atoms with Gasteiger partial charge in [0.15, 0.2) is 0 Å². The lowest BCUT2D eigenvalue weighted by Crippen LogP contribution is -2.11. The first kappa shape index (κ1) is 11.6. The van der Waals surface area contributed by atoms with E-state index in [9.17, 15) is 5.11 Å². The van der Waals surface area contributed by atoms with Gasteiger partial charge in [0, 0.05) is 15.5 Å². The Morgan fingerprint density at radius 2 is 1.94 bits per heavy atom. The first-order chi connectivity index (χ1) is 7.65. The lowest BCUT2D eigenvalue weighted by atomic mass is 9.87. The normalized spacial score (nSPS) is 13.6. The van der Waals surface area contributed by atoms with Crippen LogP contribution in [0.1, 0.15) is 30.2 Å². The Morgan fingerprint density at radius 3 is 2.56 bits per heavy atom. The van der Waals surface area contributed by atoms with Gasteiger partial charge in [-0.25, -0.2) is 0 Å². The minimum atomic E-state index is 0.235. The smallest absolute Gasteiger partial charge is 0.0502 e. The summed E-state index contributed by atoms with van der Waals surface area (Å²) in [6, 6.07) is 8.47. The van der Waals surface area contributed by atoms with Gasteiger partial charge in [0.25, 0.3) is 0 Å². The molecular formula is C14H18OS. The molecule has 1 N–H and O–H groups in total. The fraction of sp³-hybridized carbons (Fsp3) is 0.429. The number of aliphatic hydroxyl groups is 1. The van der Waals surface area contributed by atoms with Gasteiger partial charge in [0.05, 0.1) is 6.61 Å². The van der Waals surface area contributed by atoms with Crippen LogP contribution in [0.15, 0.2) is 24.3 Å². The molecule has 0 saturated carbocycles. The van der Waals surface area contributed by atoms with Crippen LogP contribution in [0.25, 0.3) is 10.1 Å². The van der Waals surface area contributed by atoms with Crippen LogP contribution in [0.4, 0.5) is 0 Å². The molecule has 0 bridgehead atoms. The maximum Gasteiger partial charge on any atom is 0.0502 e. The minimum absolute atomic E-state index is 0.235. The molecule has 0 radical (unpaired) electrons. The summed E-state index contributed by atoms with van der Waals surface area (Å²) >= 11 is 1.83. The standard InChI is InChI=1S/C14H18OS/c1-9(2)12(8-15)14-10(3)16-13-7-5-4-6-11(13)14/h4-7,9,12,15H,8H2,1-3H3. The molecule has 1 nitrogen and oxygen atoms in total. The zero-order valence-corrected chi connectivity index (χ0v) is 10.8. The predicted molar refractivity (Wildman–Crippen MR) is 71.2 cm³/mol. The van der Waals surface area contributed by atoms with Gasteiger partial charge in [0.1, 0.15) is 0 Å². The summed E-state index contributed by atoms with van der Waals surface area (Å²) in [7, 11) is 0. The Hall–Kier alpha value is -0.860. The average Bonchev–Trinajstić information content (AvgIpc) is 2.57. The second kappa shape index (κ2) is 4.56. The molecule has 2 rings (SSSR count). The summed E-state index contributed by atoms with van der Waals surface area (Å²) in [6.45, 7) is 6.74. The molecule has 1 heterocycles. The Morgan fingerprint density at radius 1 is 1.25 bits per heavy atom. The van der Waals surface area contributed by atoms with E-state index in [2.05, 4.69) is 45.0 Å². The van der Waals surface area contributed by atoms with Gasteiger partial charge in [-0.1, -0.05) is 32.0 Å². The van der Waals surface area contributed by atoms with Crippen molar-refractivity contribution >= 4 is 21.4 Å². The van der Waals surface area contributed by atoms with E-state index in [1.54, 1.807) is 0 Å². The summed E-state index contributed by atoms with van der Waals surface area (Å²) < 4.78 is 1.33. The quantitative estimate of drug-likeness (QED) is 0.852. The van der Waals surface area contributed by atoms with Crippen molar-refractivity contribution in [1.29, 1.82) is 0 Å². The van der Waals surface area contributed by atoms with Gasteiger partial charge in [-0.2, -0.15) is 0 Å². The molecule has 0 fully saturated rings. The second-order valence-electron chi connectivity index (χ2n) is 4.60. The van der Waals surface area contributed by atoms with E-state index in [0.717, 1.165) is 0 Å². The topological polar surface area (TPSA) is 20.2 Å². The third kappa shape index (κ3) is 1.87. The number of aliphatic hydroxyl groups excluding tert-OH is 1. The SMILES string of the molecule is Cc1sc2ccccc2c1C(CO)C(C)C. The number of aryl methyl sites for hydroxylation is 1. The highest BCUT2D eigenvalue weighted by atomic mass is 32.1. The maximum atomic E-state index is 9.56. The van der Waals surface area contributed by atoms with Crippen LogP contribution < -0.4 is 0 Å². The molecule has 0 aliphatic rings. The fourth-order valence-electron chi connectivity index (χ4n) is 2.28. The van der Waals surface area contributed by atoms with Crippen molar-refractivity contribution in [2.24, 2.45) is 5.92 Å². The van der Waals surface area contributed by atoms with Crippen molar-refractivity contribution in [1.82, 2.24) is 0 Å². The van der Waals surface area contributed by atoms with Crippen molar-refractivity contribution < 1.29 is 5.11 Å². The van der Waals surface area contributed by atoms with E-state index in [1.807, 2.05) is 11.3 Å². The van der Waals surface area contributed by atoms with Crippen LogP contribution in [0.3, 0.4) is 0 Å². The van der Waals surface area contributed by atoms with Crippen molar-refractivity contribution in [3.63, 3.8) is 0 Å². The molecular weight excluding hydrogens is 216 g/mol. The highest BCUT2D eigenvalue weighted by Crippen LogP contribution is 2.38. The molecule has 1 aromatic heterocycles. The monoisotopic (exact) mass is 234 g/mol. The molecule has 1 atom stereocenters. The highest BCUT2D eigenvalue weighted by Gasteiger charge is 2.21. The summed E-state index contributed by atoms with van der Waals surface area (Å²) in [5, 5.41) is 10.9. The zero-order chi connectivity index (χ0) is 11.7. The first-order valence-corrected chi connectivity index (χ1v) is 6.55. The molecule has 0 aliphatic carbocycles. The van der Waals surface area contributed by atoms with E-state index in [4.69, 9.17) is 0 Å². The lowest BCUT2D eigenvalue weighted by molar-refractivity contribution is 0.238. The zero-order valence-electron chi connectivity index (χ0n) is 10.0. The van der Waals surface area contributed by atoms with E-state index in [-0.39, 0.29) is 12.5 Å². The van der Waals surface area contributed by atoms with E-state index in [1.165, 1.54) is 20.5 Å². The van der Waals surface area contributed by atoms with E-state index < -0.39 is 0 Å². The Labute approximate surface area is 101 Å². The molecule has 86 valence electrons. The number of benzene rings is 1. The molecule has 0 saturated heterocycles. The molecule has 2 aromatic rings. The summed E-state index contributed by atoms with van der Waals surface area (Å²) in [5.41, 5.74) is 1.35. The largest absolute Gasteiger partial charge is 0.396 e. The second-order valence-corrected chi connectivity index (χ2v) is 5.86. The summed E-state index contributed by atoms with van der Waals surface area (Å²) in [5.74, 6) is 0.734. The maximum absolute atomic E-state index is 9.56. The number of hydrogen-bond donors (Lipinski definition) is 1. The van der Waals surface area contributed by atoms with Crippen LogP contribution in [0.2, 0.25) is 0 Å². The number of thiophene rings is 1. The van der Waals surface area contributed by atoms with Crippen molar-refractivity contribution in [2.75, 3.05) is 6.61 Å². The summed E-state index contributed by atoms with van der Waals surface area (Å²) in [4.78, 5) is 1.34. The predicted octanol–water partition coefficient (Wildman–Crippen LogP) is 3.94. The van der Waals surface area contributed by atoms with Crippen LogP contribution in [-0.4, -0.2) is 11.7 Å². The molecule has 0 spiro atoms. The van der Waals surface area contributed by atoms with Gasteiger partial charge < -0.3 is 5.11 Å². The Balaban J connectivity index is 2.62. The lowest BCUT2D eigenvalue weighted by Gasteiger charge is -2.19. The number of rotatable bonds is 3. The molecule has 0 amide bonds.